The van der Waals surface area contributed by atoms with Crippen LogP contribution in [0.5, 0.6) is 0 Å². The molecule has 3 nitrogen and oxygen atoms in total. The molecule has 7 rings (SSSR count). The van der Waals surface area contributed by atoms with E-state index < -0.39 is 11.6 Å². The van der Waals surface area contributed by atoms with E-state index in [-0.39, 0.29) is 38.6 Å². The van der Waals surface area contributed by atoms with E-state index in [1.165, 1.54) is 0 Å². The normalized spacial score (nSPS) is 13.2. The summed E-state index contributed by atoms with van der Waals surface area (Å²) in [7, 11) is 0. The molecule has 0 saturated heterocycles. The molecule has 0 atom stereocenters. The van der Waals surface area contributed by atoms with Crippen molar-refractivity contribution in [1.82, 2.24) is 9.13 Å². The van der Waals surface area contributed by atoms with Gasteiger partial charge in [0.15, 0.2) is 11.6 Å². The fourth-order valence-electron chi connectivity index (χ4n) is 7.53. The number of halogens is 2. The fraction of sp³-hybridized carbons (Fsp3) is 0.340. The number of nitrogens with zero attached hydrogens (tertiary/aromatic N) is 3. The Bertz CT molecular complexity index is 2460. The van der Waals surface area contributed by atoms with Crippen LogP contribution in [0, 0.1) is 23.0 Å². The average molecular weight is 694 g/mol. The maximum Gasteiger partial charge on any atom is 0.151 e. The van der Waals surface area contributed by atoms with Gasteiger partial charge in [0.2, 0.25) is 0 Å². The molecule has 7 aromatic rings. The largest absolute Gasteiger partial charge is 0.305 e. The van der Waals surface area contributed by atoms with Gasteiger partial charge in [0.1, 0.15) is 23.0 Å². The molecule has 5 aromatic carbocycles. The lowest BCUT2D eigenvalue weighted by atomic mass is 9.85. The first-order chi connectivity index (χ1) is 24.1. The fourth-order valence-corrected chi connectivity index (χ4v) is 7.53. The maximum atomic E-state index is 16.8. The Hall–Kier alpha value is -4.95. The zero-order valence-corrected chi connectivity index (χ0v) is 32.6. The van der Waals surface area contributed by atoms with Gasteiger partial charge in [-0.3, -0.25) is 0 Å². The third-order valence-corrected chi connectivity index (χ3v) is 10.7. The summed E-state index contributed by atoms with van der Waals surface area (Å²) in [6, 6.07) is 28.5. The van der Waals surface area contributed by atoms with Gasteiger partial charge in [-0.15, -0.1) is 0 Å². The molecule has 0 bridgehead atoms. The Kier molecular flexibility index (Phi) is 7.86. The van der Waals surface area contributed by atoms with E-state index in [4.69, 9.17) is 0 Å². The topological polar surface area (TPSA) is 33.6 Å². The second-order valence-corrected chi connectivity index (χ2v) is 18.6. The van der Waals surface area contributed by atoms with Gasteiger partial charge in [-0.2, -0.15) is 5.26 Å². The molecule has 52 heavy (non-hydrogen) atoms. The second kappa shape index (κ2) is 11.5. The lowest BCUT2D eigenvalue weighted by Crippen LogP contribution is -2.13. The zero-order chi connectivity index (χ0) is 37.9. The molecule has 0 saturated carbocycles. The summed E-state index contributed by atoms with van der Waals surface area (Å²) < 4.78 is 37.2. The summed E-state index contributed by atoms with van der Waals surface area (Å²) in [5, 5.41) is 14.9. The van der Waals surface area contributed by atoms with Crippen molar-refractivity contribution in [2.24, 2.45) is 0 Å². The van der Waals surface area contributed by atoms with Gasteiger partial charge in [0.05, 0.1) is 22.1 Å². The van der Waals surface area contributed by atoms with E-state index >= 15 is 8.78 Å². The first-order valence-electron chi connectivity index (χ1n) is 18.2. The number of hydrogen-bond donors (Lipinski definition) is 0. The smallest absolute Gasteiger partial charge is 0.151 e. The van der Waals surface area contributed by atoms with Crippen LogP contribution in [0.3, 0.4) is 0 Å². The zero-order valence-electron chi connectivity index (χ0n) is 32.6. The molecule has 0 aliphatic rings. The number of aromatic nitrogens is 2. The summed E-state index contributed by atoms with van der Waals surface area (Å²) in [4.78, 5) is 0. The van der Waals surface area contributed by atoms with Gasteiger partial charge in [-0.25, -0.2) is 8.78 Å². The minimum Gasteiger partial charge on any atom is -0.305 e. The quantitative estimate of drug-likeness (QED) is 0.177. The SMILES string of the molecule is CC(C)(C)c1ccc2c(c1)c1ccc(C(C)(C)C)cc1n2-c1c(F)cc(F)c(-n2c3ccc(C(C)(C)C)cc3c3ccc(C(C)(C)C)cc32)c1C#N. The molecule has 0 spiro atoms. The molecular formula is C47H49F2N3. The molecule has 0 unspecified atom stereocenters. The van der Waals surface area contributed by atoms with Gasteiger partial charge in [-0.05, 0) is 80.3 Å². The van der Waals surface area contributed by atoms with Crippen molar-refractivity contribution in [2.45, 2.75) is 105 Å². The van der Waals surface area contributed by atoms with E-state index in [9.17, 15) is 5.26 Å². The minimum atomic E-state index is -0.788. The van der Waals surface area contributed by atoms with Crippen LogP contribution in [0.15, 0.2) is 78.9 Å². The van der Waals surface area contributed by atoms with E-state index in [0.29, 0.717) is 0 Å². The summed E-state index contributed by atoms with van der Waals surface area (Å²) in [5.74, 6) is -1.58. The predicted octanol–water partition coefficient (Wildman–Crippen LogP) is 13.2. The van der Waals surface area contributed by atoms with Crippen LogP contribution in [0.25, 0.3) is 55.0 Å². The molecule has 0 aliphatic heterocycles. The number of benzene rings is 5. The van der Waals surface area contributed by atoms with Crippen molar-refractivity contribution in [3.63, 3.8) is 0 Å². The van der Waals surface area contributed by atoms with Crippen molar-refractivity contribution in [2.75, 3.05) is 0 Å². The third kappa shape index (κ3) is 5.59. The van der Waals surface area contributed by atoms with Gasteiger partial charge in [-0.1, -0.05) is 119 Å². The molecule has 5 heteroatoms. The molecule has 0 radical (unpaired) electrons. The van der Waals surface area contributed by atoms with Gasteiger partial charge < -0.3 is 9.13 Å². The molecule has 2 heterocycles. The molecule has 0 N–H and O–H groups in total. The highest BCUT2D eigenvalue weighted by atomic mass is 19.1. The van der Waals surface area contributed by atoms with Crippen molar-refractivity contribution in [3.8, 4) is 17.4 Å². The lowest BCUT2D eigenvalue weighted by molar-refractivity contribution is 0.574. The molecule has 0 fully saturated rings. The number of hydrogen-bond acceptors (Lipinski definition) is 1. The number of fused-ring (bicyclic) bond motifs is 6. The Morgan fingerprint density at radius 1 is 0.423 bits per heavy atom. The van der Waals surface area contributed by atoms with Crippen LogP contribution in [0.1, 0.15) is 111 Å². The summed E-state index contributed by atoms with van der Waals surface area (Å²) in [6.07, 6.45) is 0. The monoisotopic (exact) mass is 693 g/mol. The van der Waals surface area contributed by atoms with E-state index in [1.54, 1.807) is 0 Å². The Balaban J connectivity index is 1.66. The Morgan fingerprint density at radius 2 is 0.750 bits per heavy atom. The summed E-state index contributed by atoms with van der Waals surface area (Å²) in [6.45, 7) is 25.9. The molecular weight excluding hydrogens is 645 g/mol. The van der Waals surface area contributed by atoms with Gasteiger partial charge in [0, 0.05) is 27.6 Å². The highest BCUT2D eigenvalue weighted by molar-refractivity contribution is 6.11. The summed E-state index contributed by atoms with van der Waals surface area (Å²) in [5.41, 5.74) is 6.94. The second-order valence-electron chi connectivity index (χ2n) is 18.6. The highest BCUT2D eigenvalue weighted by Crippen LogP contribution is 2.43. The molecule has 2 aromatic heterocycles. The number of rotatable bonds is 2. The lowest BCUT2D eigenvalue weighted by Gasteiger charge is -2.21. The van der Waals surface area contributed by atoms with Crippen molar-refractivity contribution >= 4 is 43.6 Å². The van der Waals surface area contributed by atoms with Crippen molar-refractivity contribution in [1.29, 1.82) is 5.26 Å². The first-order valence-corrected chi connectivity index (χ1v) is 18.2. The van der Waals surface area contributed by atoms with Crippen LogP contribution in [0.4, 0.5) is 8.78 Å². The average Bonchev–Trinajstić information content (AvgIpc) is 3.54. The Morgan fingerprint density at radius 3 is 1.08 bits per heavy atom. The standard InChI is InChI=1S/C47H49F2N3/c1-44(2,3)27-15-19-38-33(21-27)31-17-13-29(46(7,8)9)23-40(31)51(38)42-35(26-50)43(37(49)25-36(42)48)52-39-20-16-28(45(4,5)6)22-34(39)32-18-14-30(24-41(32)52)47(10,11)12/h13-25H,1-12H3. The van der Waals surface area contributed by atoms with Crippen LogP contribution in [-0.4, -0.2) is 9.13 Å². The van der Waals surface area contributed by atoms with E-state index in [1.807, 2.05) is 21.3 Å². The van der Waals surface area contributed by atoms with E-state index in [2.05, 4.69) is 150 Å². The number of nitriles is 1. The van der Waals surface area contributed by atoms with Crippen LogP contribution < -0.4 is 0 Å². The van der Waals surface area contributed by atoms with Crippen LogP contribution >= 0.6 is 0 Å². The van der Waals surface area contributed by atoms with Crippen molar-refractivity contribution < 1.29 is 8.78 Å². The van der Waals surface area contributed by atoms with E-state index in [0.717, 1.165) is 71.9 Å². The van der Waals surface area contributed by atoms with Crippen LogP contribution in [-0.2, 0) is 21.7 Å². The van der Waals surface area contributed by atoms with Crippen molar-refractivity contribution in [3.05, 3.63) is 118 Å². The molecule has 266 valence electrons. The first kappa shape index (κ1) is 35.5. The van der Waals surface area contributed by atoms with Gasteiger partial charge in [0.25, 0.3) is 0 Å². The minimum absolute atomic E-state index is 0.0433. The van der Waals surface area contributed by atoms with Gasteiger partial charge >= 0.3 is 0 Å². The predicted molar refractivity (Wildman–Crippen MR) is 215 cm³/mol. The maximum absolute atomic E-state index is 16.8. The Labute approximate surface area is 306 Å². The third-order valence-electron chi connectivity index (χ3n) is 10.7. The van der Waals surface area contributed by atoms with Crippen LogP contribution in [0.2, 0.25) is 0 Å². The molecule has 0 amide bonds. The highest BCUT2D eigenvalue weighted by Gasteiger charge is 2.29. The molecule has 0 aliphatic carbocycles. The summed E-state index contributed by atoms with van der Waals surface area (Å²) >= 11 is 0.